The van der Waals surface area contributed by atoms with Gasteiger partial charge in [0.25, 0.3) is 0 Å². The molecule has 2 aliphatic rings. The first-order chi connectivity index (χ1) is 10.6. The van der Waals surface area contributed by atoms with Crippen molar-refractivity contribution in [2.45, 2.75) is 44.1 Å². The van der Waals surface area contributed by atoms with E-state index in [0.29, 0.717) is 5.56 Å². The number of likely N-dealkylation sites (N-methyl/N-ethyl adjacent to an activating group) is 1. The minimum absolute atomic E-state index is 0.0736. The molecule has 1 aliphatic heterocycles. The van der Waals surface area contributed by atoms with E-state index >= 15 is 0 Å². The van der Waals surface area contributed by atoms with E-state index in [0.717, 1.165) is 37.0 Å². The van der Waals surface area contributed by atoms with Gasteiger partial charge in [0.2, 0.25) is 11.8 Å². The van der Waals surface area contributed by atoms with E-state index in [4.69, 9.17) is 0 Å². The average Bonchev–Trinajstić information content (AvgIpc) is 2.55. The van der Waals surface area contributed by atoms with Crippen LogP contribution in [-0.2, 0) is 9.59 Å². The van der Waals surface area contributed by atoms with Gasteiger partial charge in [-0.1, -0.05) is 49.6 Å². The predicted octanol–water partition coefficient (Wildman–Crippen LogP) is 2.52. The fourth-order valence-electron chi connectivity index (χ4n) is 3.39. The Morgan fingerprint density at radius 3 is 2.18 bits per heavy atom. The van der Waals surface area contributed by atoms with Gasteiger partial charge in [0.1, 0.15) is 5.92 Å². The average molecular weight is 300 g/mol. The maximum absolute atomic E-state index is 12.8. The lowest BCUT2D eigenvalue weighted by atomic mass is 9.89. The Labute approximate surface area is 129 Å². The lowest BCUT2D eigenvalue weighted by Crippen LogP contribution is -2.60. The molecule has 0 aromatic heterocycles. The molecule has 1 atom stereocenters. The first kappa shape index (κ1) is 14.8. The third-order valence-corrected chi connectivity index (χ3v) is 4.63. The first-order valence-electron chi connectivity index (χ1n) is 7.81. The lowest BCUT2D eigenvalue weighted by Gasteiger charge is -2.40. The molecule has 0 bridgehead atoms. The fourth-order valence-corrected chi connectivity index (χ4v) is 3.39. The quantitative estimate of drug-likeness (QED) is 0.789. The van der Waals surface area contributed by atoms with Crippen LogP contribution in [-0.4, -0.2) is 40.7 Å². The normalized spacial score (nSPS) is 24.0. The summed E-state index contributed by atoms with van der Waals surface area (Å²) in [6.07, 6.45) is 4.86. The summed E-state index contributed by atoms with van der Waals surface area (Å²) in [6, 6.07) is 8.43. The highest BCUT2D eigenvalue weighted by Gasteiger charge is 2.47. The second-order valence-corrected chi connectivity index (χ2v) is 6.02. The number of barbiturate groups is 1. The van der Waals surface area contributed by atoms with E-state index < -0.39 is 17.9 Å². The van der Waals surface area contributed by atoms with Crippen molar-refractivity contribution in [3.8, 4) is 0 Å². The number of hydrogen-bond acceptors (Lipinski definition) is 3. The summed E-state index contributed by atoms with van der Waals surface area (Å²) in [5, 5.41) is 0. The van der Waals surface area contributed by atoms with Crippen LogP contribution in [0, 0.1) is 0 Å². The van der Waals surface area contributed by atoms with Crippen LogP contribution in [0.15, 0.2) is 30.3 Å². The van der Waals surface area contributed by atoms with Gasteiger partial charge in [-0.25, -0.2) is 4.79 Å². The van der Waals surface area contributed by atoms with Gasteiger partial charge in [-0.3, -0.25) is 19.4 Å². The molecule has 5 nitrogen and oxygen atoms in total. The maximum atomic E-state index is 12.8. The Morgan fingerprint density at radius 1 is 0.909 bits per heavy atom. The topological polar surface area (TPSA) is 57.7 Å². The Morgan fingerprint density at radius 2 is 1.55 bits per heavy atom. The summed E-state index contributed by atoms with van der Waals surface area (Å²) >= 11 is 0. The molecule has 116 valence electrons. The van der Waals surface area contributed by atoms with Crippen LogP contribution in [0.3, 0.4) is 0 Å². The molecule has 0 spiro atoms. The molecule has 0 radical (unpaired) electrons. The highest BCUT2D eigenvalue weighted by molar-refractivity contribution is 6.19. The standard InChI is InChI=1S/C17H20N2O3/c1-18-15(20)14(12-8-4-2-5-9-12)16(21)19(17(18)22)13-10-6-3-7-11-13/h2,4-5,8-9,13-14H,3,6-7,10-11H2,1H3. The van der Waals surface area contributed by atoms with Crippen LogP contribution >= 0.6 is 0 Å². The summed E-state index contributed by atoms with van der Waals surface area (Å²) in [6.45, 7) is 0. The molecular formula is C17H20N2O3. The summed E-state index contributed by atoms with van der Waals surface area (Å²) in [7, 11) is 1.46. The summed E-state index contributed by atoms with van der Waals surface area (Å²) in [5.41, 5.74) is 0.651. The van der Waals surface area contributed by atoms with Crippen LogP contribution in [0.4, 0.5) is 4.79 Å². The maximum Gasteiger partial charge on any atom is 0.333 e. The van der Waals surface area contributed by atoms with Gasteiger partial charge in [0.05, 0.1) is 0 Å². The van der Waals surface area contributed by atoms with Crippen molar-refractivity contribution in [1.29, 1.82) is 0 Å². The predicted molar refractivity (Wildman–Crippen MR) is 81.1 cm³/mol. The van der Waals surface area contributed by atoms with Crippen LogP contribution in [0.1, 0.15) is 43.6 Å². The Kier molecular flexibility index (Phi) is 3.96. The second kappa shape index (κ2) is 5.91. The number of imide groups is 2. The molecule has 4 amide bonds. The van der Waals surface area contributed by atoms with E-state index in [9.17, 15) is 14.4 Å². The van der Waals surface area contributed by atoms with Crippen LogP contribution < -0.4 is 0 Å². The van der Waals surface area contributed by atoms with Crippen molar-refractivity contribution in [1.82, 2.24) is 9.80 Å². The van der Waals surface area contributed by atoms with Gasteiger partial charge in [0.15, 0.2) is 0 Å². The van der Waals surface area contributed by atoms with Gasteiger partial charge in [0, 0.05) is 13.1 Å². The zero-order valence-electron chi connectivity index (χ0n) is 12.7. The molecule has 3 rings (SSSR count). The molecule has 1 aromatic rings. The Bertz CT molecular complexity index is 593. The van der Waals surface area contributed by atoms with Crippen molar-refractivity contribution >= 4 is 17.8 Å². The second-order valence-electron chi connectivity index (χ2n) is 6.02. The van der Waals surface area contributed by atoms with Gasteiger partial charge >= 0.3 is 6.03 Å². The number of amides is 4. The largest absolute Gasteiger partial charge is 0.333 e. The number of carbonyl (C=O) groups is 3. The molecule has 5 heteroatoms. The van der Waals surface area contributed by atoms with Crippen molar-refractivity contribution < 1.29 is 14.4 Å². The van der Waals surface area contributed by atoms with Crippen molar-refractivity contribution in [3.05, 3.63) is 35.9 Å². The van der Waals surface area contributed by atoms with E-state index in [2.05, 4.69) is 0 Å². The SMILES string of the molecule is CN1C(=O)C(c2ccccc2)C(=O)N(C2CCCCC2)C1=O. The number of carbonyl (C=O) groups excluding carboxylic acids is 3. The summed E-state index contributed by atoms with van der Waals surface area (Å²) in [5.74, 6) is -1.70. The highest BCUT2D eigenvalue weighted by atomic mass is 16.2. The highest BCUT2D eigenvalue weighted by Crippen LogP contribution is 2.31. The third-order valence-electron chi connectivity index (χ3n) is 4.63. The third kappa shape index (κ3) is 2.40. The van der Waals surface area contributed by atoms with Crippen LogP contribution in [0.5, 0.6) is 0 Å². The van der Waals surface area contributed by atoms with Crippen molar-refractivity contribution in [2.24, 2.45) is 0 Å². The Balaban J connectivity index is 1.95. The molecule has 0 N–H and O–H groups in total. The molecule has 1 unspecified atom stereocenters. The number of nitrogens with zero attached hydrogens (tertiary/aromatic N) is 2. The summed E-state index contributed by atoms with van der Waals surface area (Å²) in [4.78, 5) is 40.1. The van der Waals surface area contributed by atoms with E-state index in [1.165, 1.54) is 11.9 Å². The fraction of sp³-hybridized carbons (Fsp3) is 0.471. The number of hydrogen-bond donors (Lipinski definition) is 0. The molecule has 1 aromatic carbocycles. The number of urea groups is 1. The van der Waals surface area contributed by atoms with Gasteiger partial charge < -0.3 is 0 Å². The zero-order chi connectivity index (χ0) is 15.7. The molecule has 1 saturated heterocycles. The smallest absolute Gasteiger partial charge is 0.273 e. The molecule has 1 aliphatic carbocycles. The van der Waals surface area contributed by atoms with E-state index in [-0.39, 0.29) is 11.9 Å². The van der Waals surface area contributed by atoms with Gasteiger partial charge in [-0.2, -0.15) is 0 Å². The van der Waals surface area contributed by atoms with Crippen LogP contribution in [0.2, 0.25) is 0 Å². The van der Waals surface area contributed by atoms with Gasteiger partial charge in [-0.05, 0) is 18.4 Å². The van der Waals surface area contributed by atoms with Crippen molar-refractivity contribution in [2.75, 3.05) is 7.05 Å². The minimum Gasteiger partial charge on any atom is -0.273 e. The molecule has 2 fully saturated rings. The molecule has 22 heavy (non-hydrogen) atoms. The van der Waals surface area contributed by atoms with Crippen LogP contribution in [0.25, 0.3) is 0 Å². The summed E-state index contributed by atoms with van der Waals surface area (Å²) < 4.78 is 0. The number of rotatable bonds is 2. The van der Waals surface area contributed by atoms with Gasteiger partial charge in [-0.15, -0.1) is 0 Å². The molecule has 1 saturated carbocycles. The van der Waals surface area contributed by atoms with E-state index in [1.807, 2.05) is 6.07 Å². The molecule has 1 heterocycles. The Hall–Kier alpha value is -2.17. The lowest BCUT2D eigenvalue weighted by molar-refractivity contribution is -0.146. The van der Waals surface area contributed by atoms with Crippen molar-refractivity contribution in [3.63, 3.8) is 0 Å². The first-order valence-corrected chi connectivity index (χ1v) is 7.81. The number of benzene rings is 1. The minimum atomic E-state index is -0.897. The molecular weight excluding hydrogens is 280 g/mol. The zero-order valence-corrected chi connectivity index (χ0v) is 12.7. The van der Waals surface area contributed by atoms with E-state index in [1.54, 1.807) is 24.3 Å². The monoisotopic (exact) mass is 300 g/mol.